The van der Waals surface area contributed by atoms with Crippen LogP contribution in [0.2, 0.25) is 0 Å². The Kier molecular flexibility index (Phi) is 10.1. The number of hydrogen-bond acceptors (Lipinski definition) is 5. The van der Waals surface area contributed by atoms with Crippen LogP contribution in [0.3, 0.4) is 0 Å². The van der Waals surface area contributed by atoms with Crippen LogP contribution in [0.4, 0.5) is 4.39 Å². The molecule has 2 N–H and O–H groups in total. The first kappa shape index (κ1) is 23.4. The van der Waals surface area contributed by atoms with E-state index in [1.165, 1.54) is 12.1 Å². The largest absolute Gasteiger partial charge is 0.494 e. The van der Waals surface area contributed by atoms with E-state index >= 15 is 0 Å². The van der Waals surface area contributed by atoms with Gasteiger partial charge >= 0.3 is 0 Å². The number of aliphatic hydroxyl groups is 1. The lowest BCUT2D eigenvalue weighted by molar-refractivity contribution is 0.00483. The number of hydrogen-bond donors (Lipinski definition) is 2. The first-order chi connectivity index (χ1) is 11.6. The van der Waals surface area contributed by atoms with Crippen LogP contribution >= 0.6 is 24.8 Å². The van der Waals surface area contributed by atoms with E-state index in [2.05, 4.69) is 15.1 Å². The van der Waals surface area contributed by atoms with Gasteiger partial charge in [-0.1, -0.05) is 0 Å². The fourth-order valence-electron chi connectivity index (χ4n) is 3.46. The molecule has 2 aliphatic rings. The summed E-state index contributed by atoms with van der Waals surface area (Å²) in [6.45, 7) is 8.19. The van der Waals surface area contributed by atoms with Crippen molar-refractivity contribution in [2.24, 2.45) is 0 Å². The van der Waals surface area contributed by atoms with Crippen LogP contribution in [-0.2, 0) is 0 Å². The molecule has 0 aliphatic carbocycles. The molecule has 0 aromatic heterocycles. The summed E-state index contributed by atoms with van der Waals surface area (Å²) < 4.78 is 18.4. The molecule has 1 unspecified atom stereocenters. The van der Waals surface area contributed by atoms with Gasteiger partial charge in [-0.2, -0.15) is 0 Å². The zero-order valence-corrected chi connectivity index (χ0v) is 16.7. The molecule has 2 heterocycles. The van der Waals surface area contributed by atoms with Crippen molar-refractivity contribution in [2.45, 2.75) is 18.4 Å². The van der Waals surface area contributed by atoms with E-state index in [0.717, 1.165) is 64.4 Å². The SMILES string of the molecule is Cl.Cl.OC1(CN2CCN(CCCOc3ccc(F)cc3)CC2)CCNC1. The van der Waals surface area contributed by atoms with Crippen molar-refractivity contribution in [1.29, 1.82) is 0 Å². The molecule has 1 aromatic carbocycles. The average Bonchev–Trinajstić information content (AvgIpc) is 3.01. The number of piperazine rings is 1. The van der Waals surface area contributed by atoms with Gasteiger partial charge in [-0.25, -0.2) is 4.39 Å². The van der Waals surface area contributed by atoms with Crippen LogP contribution in [0.25, 0.3) is 0 Å². The van der Waals surface area contributed by atoms with Crippen molar-refractivity contribution in [3.8, 4) is 5.75 Å². The van der Waals surface area contributed by atoms with Crippen LogP contribution in [0.5, 0.6) is 5.75 Å². The van der Waals surface area contributed by atoms with Crippen molar-refractivity contribution in [1.82, 2.24) is 15.1 Å². The molecule has 0 radical (unpaired) electrons. The maximum atomic E-state index is 12.8. The van der Waals surface area contributed by atoms with Crippen LogP contribution in [0, 0.1) is 5.82 Å². The minimum absolute atomic E-state index is 0. The molecule has 1 atom stereocenters. The minimum atomic E-state index is -0.537. The lowest BCUT2D eigenvalue weighted by Gasteiger charge is -2.38. The Morgan fingerprint density at radius 3 is 2.35 bits per heavy atom. The predicted molar refractivity (Wildman–Crippen MR) is 106 cm³/mol. The second-order valence-corrected chi connectivity index (χ2v) is 6.92. The Hall–Kier alpha value is -0.630. The molecule has 8 heteroatoms. The summed E-state index contributed by atoms with van der Waals surface area (Å²) in [6, 6.07) is 6.16. The van der Waals surface area contributed by atoms with E-state index in [-0.39, 0.29) is 30.6 Å². The van der Waals surface area contributed by atoms with Crippen molar-refractivity contribution < 1.29 is 14.2 Å². The van der Waals surface area contributed by atoms with Gasteiger partial charge in [-0.3, -0.25) is 4.90 Å². The maximum Gasteiger partial charge on any atom is 0.123 e. The molecule has 0 amide bonds. The third-order valence-electron chi connectivity index (χ3n) is 4.91. The van der Waals surface area contributed by atoms with Crippen molar-refractivity contribution in [3.63, 3.8) is 0 Å². The molecule has 1 aromatic rings. The maximum absolute atomic E-state index is 12.8. The number of ether oxygens (including phenoxy) is 1. The highest BCUT2D eigenvalue weighted by Crippen LogP contribution is 2.17. The molecule has 2 fully saturated rings. The number of halogens is 3. The summed E-state index contributed by atoms with van der Waals surface area (Å²) in [5, 5.41) is 13.7. The molecular weight excluding hydrogens is 380 g/mol. The third kappa shape index (κ3) is 7.18. The van der Waals surface area contributed by atoms with Crippen LogP contribution < -0.4 is 10.1 Å². The normalized spacial score (nSPS) is 23.9. The standard InChI is InChI=1S/C18H28FN3O2.2ClH/c19-16-2-4-17(5-3-16)24-13-1-8-21-9-11-22(12-10-21)15-18(23)6-7-20-14-18;;/h2-5,20,23H,1,6-15H2;2*1H. The molecule has 0 saturated carbocycles. The molecule has 3 rings (SSSR count). The summed E-state index contributed by atoms with van der Waals surface area (Å²) in [5.74, 6) is 0.484. The summed E-state index contributed by atoms with van der Waals surface area (Å²) in [7, 11) is 0. The number of nitrogens with zero attached hydrogens (tertiary/aromatic N) is 2. The lowest BCUT2D eigenvalue weighted by Crippen LogP contribution is -2.52. The molecule has 0 spiro atoms. The van der Waals surface area contributed by atoms with E-state index in [1.54, 1.807) is 12.1 Å². The molecule has 0 bridgehead atoms. The van der Waals surface area contributed by atoms with E-state index in [0.29, 0.717) is 13.2 Å². The van der Waals surface area contributed by atoms with E-state index < -0.39 is 5.60 Å². The van der Waals surface area contributed by atoms with Gasteiger partial charge < -0.3 is 20.1 Å². The quantitative estimate of drug-likeness (QED) is 0.672. The molecule has 2 saturated heterocycles. The Morgan fingerprint density at radius 2 is 1.73 bits per heavy atom. The number of nitrogens with one attached hydrogen (secondary N) is 1. The molecule has 2 aliphatic heterocycles. The topological polar surface area (TPSA) is 48.0 Å². The first-order valence-corrected chi connectivity index (χ1v) is 8.89. The Morgan fingerprint density at radius 1 is 1.08 bits per heavy atom. The van der Waals surface area contributed by atoms with Gasteiger partial charge in [0, 0.05) is 45.8 Å². The zero-order valence-electron chi connectivity index (χ0n) is 15.0. The van der Waals surface area contributed by atoms with Gasteiger partial charge in [-0.15, -0.1) is 24.8 Å². The summed E-state index contributed by atoms with van der Waals surface area (Å²) in [4.78, 5) is 4.82. The van der Waals surface area contributed by atoms with E-state index in [9.17, 15) is 9.50 Å². The average molecular weight is 410 g/mol. The van der Waals surface area contributed by atoms with Gasteiger partial charge in [0.05, 0.1) is 12.2 Å². The Labute approximate surface area is 167 Å². The lowest BCUT2D eigenvalue weighted by atomic mass is 10.0. The fraction of sp³-hybridized carbons (Fsp3) is 0.667. The highest BCUT2D eigenvalue weighted by Gasteiger charge is 2.33. The minimum Gasteiger partial charge on any atom is -0.494 e. The zero-order chi connectivity index (χ0) is 16.8. The van der Waals surface area contributed by atoms with Crippen molar-refractivity contribution >= 4 is 24.8 Å². The van der Waals surface area contributed by atoms with Gasteiger partial charge in [0.1, 0.15) is 11.6 Å². The van der Waals surface area contributed by atoms with Gasteiger partial charge in [-0.05, 0) is 43.7 Å². The highest BCUT2D eigenvalue weighted by atomic mass is 35.5. The summed E-state index contributed by atoms with van der Waals surface area (Å²) in [6.07, 6.45) is 1.82. The van der Waals surface area contributed by atoms with Gasteiger partial charge in [0.2, 0.25) is 0 Å². The van der Waals surface area contributed by atoms with Crippen LogP contribution in [-0.4, -0.2) is 79.5 Å². The van der Waals surface area contributed by atoms with E-state index in [4.69, 9.17) is 4.74 Å². The van der Waals surface area contributed by atoms with Crippen LogP contribution in [0.1, 0.15) is 12.8 Å². The van der Waals surface area contributed by atoms with E-state index in [1.807, 2.05) is 0 Å². The second kappa shape index (κ2) is 11.3. The van der Waals surface area contributed by atoms with Crippen molar-refractivity contribution in [3.05, 3.63) is 30.1 Å². The first-order valence-electron chi connectivity index (χ1n) is 8.89. The summed E-state index contributed by atoms with van der Waals surface area (Å²) >= 11 is 0. The van der Waals surface area contributed by atoms with Gasteiger partial charge in [0.15, 0.2) is 0 Å². The monoisotopic (exact) mass is 409 g/mol. The number of rotatable bonds is 7. The number of β-amino-alcohol motifs (C(OH)–C–C–N with tert-alkyl or cyclic N) is 1. The second-order valence-electron chi connectivity index (χ2n) is 6.92. The van der Waals surface area contributed by atoms with Gasteiger partial charge in [0.25, 0.3) is 0 Å². The molecule has 150 valence electrons. The van der Waals surface area contributed by atoms with Crippen LogP contribution in [0.15, 0.2) is 24.3 Å². The smallest absolute Gasteiger partial charge is 0.123 e. The van der Waals surface area contributed by atoms with Crippen molar-refractivity contribution in [2.75, 3.05) is 59.0 Å². The fourth-order valence-corrected chi connectivity index (χ4v) is 3.46. The molecule has 26 heavy (non-hydrogen) atoms. The number of benzene rings is 1. The predicted octanol–water partition coefficient (Wildman–Crippen LogP) is 1.78. The summed E-state index contributed by atoms with van der Waals surface area (Å²) in [5.41, 5.74) is -0.537. The Bertz CT molecular complexity index is 508. The Balaban J connectivity index is 0.00000169. The molecular formula is C18H30Cl2FN3O2. The molecule has 5 nitrogen and oxygen atoms in total. The third-order valence-corrected chi connectivity index (χ3v) is 4.91. The highest BCUT2D eigenvalue weighted by molar-refractivity contribution is 5.85.